The molecule has 5 atom stereocenters. The zero-order valence-electron chi connectivity index (χ0n) is 33.1. The molecule has 1 heterocycles. The molecular weight excluding hydrogens is 771 g/mol. The van der Waals surface area contributed by atoms with Crippen LogP contribution in [0.5, 0.6) is 0 Å². The molecule has 0 aromatic heterocycles. The zero-order chi connectivity index (χ0) is 42.4. The van der Waals surface area contributed by atoms with E-state index >= 15 is 0 Å². The van der Waals surface area contributed by atoms with Crippen molar-refractivity contribution in [2.75, 3.05) is 19.7 Å². The molecule has 7 N–H and O–H groups in total. The predicted molar refractivity (Wildman–Crippen MR) is 212 cm³/mol. The lowest BCUT2D eigenvalue weighted by molar-refractivity contribution is -0.143. The molecule has 1 aliphatic carbocycles. The summed E-state index contributed by atoms with van der Waals surface area (Å²) in [5.41, 5.74) is 5.88. The number of primary amides is 1. The average Bonchev–Trinajstić information content (AvgIpc) is 3.63. The molecule has 1 saturated carbocycles. The third-order valence-corrected chi connectivity index (χ3v) is 11.6. The summed E-state index contributed by atoms with van der Waals surface area (Å²) in [6.07, 6.45) is 3.25. The molecule has 316 valence electrons. The Bertz CT molecular complexity index is 1870. The van der Waals surface area contributed by atoms with Gasteiger partial charge in [0.15, 0.2) is 0 Å². The number of hydrogen-bond acceptors (Lipinski definition) is 10. The Labute approximate surface area is 339 Å². The van der Waals surface area contributed by atoms with E-state index in [1.54, 1.807) is 55.5 Å². The van der Waals surface area contributed by atoms with Gasteiger partial charge in [-0.3, -0.25) is 28.8 Å². The molecular formula is C40H55N7O10S. The number of rotatable bonds is 19. The highest BCUT2D eigenvalue weighted by atomic mass is 32.2. The molecule has 1 unspecified atom stereocenters. The van der Waals surface area contributed by atoms with Gasteiger partial charge in [-0.1, -0.05) is 95.0 Å². The average molecular weight is 826 g/mol. The lowest BCUT2D eigenvalue weighted by atomic mass is 9.83. The lowest BCUT2D eigenvalue weighted by Gasteiger charge is -2.34. The molecule has 4 rings (SSSR count). The molecule has 2 aromatic carbocycles. The van der Waals surface area contributed by atoms with E-state index in [-0.39, 0.29) is 42.7 Å². The van der Waals surface area contributed by atoms with Crippen LogP contribution in [-0.4, -0.2) is 98.6 Å². The highest BCUT2D eigenvalue weighted by molar-refractivity contribution is 7.89. The van der Waals surface area contributed by atoms with Gasteiger partial charge in [0.2, 0.25) is 39.4 Å². The van der Waals surface area contributed by atoms with Crippen LogP contribution < -0.4 is 31.7 Å². The van der Waals surface area contributed by atoms with E-state index < -0.39 is 88.2 Å². The van der Waals surface area contributed by atoms with Gasteiger partial charge >= 0.3 is 6.09 Å². The summed E-state index contributed by atoms with van der Waals surface area (Å²) in [6, 6.07) is 9.90. The Morgan fingerprint density at radius 3 is 2.12 bits per heavy atom. The van der Waals surface area contributed by atoms with Crippen LogP contribution >= 0.6 is 0 Å². The highest BCUT2D eigenvalue weighted by Gasteiger charge is 2.46. The maximum atomic E-state index is 14.5. The fourth-order valence-corrected chi connectivity index (χ4v) is 8.41. The van der Waals surface area contributed by atoms with Crippen molar-refractivity contribution in [3.05, 3.63) is 66.2 Å². The van der Waals surface area contributed by atoms with E-state index in [0.717, 1.165) is 19.3 Å². The third kappa shape index (κ3) is 12.8. The van der Waals surface area contributed by atoms with Crippen molar-refractivity contribution >= 4 is 51.4 Å². The summed E-state index contributed by atoms with van der Waals surface area (Å²) in [5.74, 6) is -5.56. The van der Waals surface area contributed by atoms with Gasteiger partial charge in [-0.25, -0.2) is 17.9 Å². The molecule has 0 radical (unpaired) electrons. The van der Waals surface area contributed by atoms with Gasteiger partial charge in [-0.15, -0.1) is 0 Å². The van der Waals surface area contributed by atoms with Crippen molar-refractivity contribution < 1.29 is 46.7 Å². The number of benzene rings is 2. The fourth-order valence-electron chi connectivity index (χ4n) is 7.15. The minimum absolute atomic E-state index is 0.0145. The van der Waals surface area contributed by atoms with E-state index in [1.165, 1.54) is 17.0 Å². The number of hydrogen-bond donors (Lipinski definition) is 6. The molecule has 2 aliphatic rings. The molecule has 18 heteroatoms. The van der Waals surface area contributed by atoms with E-state index in [4.69, 9.17) is 10.5 Å². The van der Waals surface area contributed by atoms with Crippen LogP contribution in [0.3, 0.4) is 0 Å². The molecule has 1 aliphatic heterocycles. The Morgan fingerprint density at radius 2 is 1.52 bits per heavy atom. The van der Waals surface area contributed by atoms with E-state index in [0.29, 0.717) is 24.8 Å². The van der Waals surface area contributed by atoms with Gasteiger partial charge in [-0.05, 0) is 55.2 Å². The smallest absolute Gasteiger partial charge is 0.407 e. The number of amides is 6. The SMILES string of the molecule is CCC[C@H](NC(=O)C1C[C@@H](NS(=O)(=O)c2ccccc2)CN1C(=O)[C@@H](NC(=O)OCC(C)C)C1CCCCC1)C(=O)C(=O)NCC(=O)N[C@H](C(N)=O)c1ccccc1. The summed E-state index contributed by atoms with van der Waals surface area (Å²) in [6.45, 7) is 4.66. The summed E-state index contributed by atoms with van der Waals surface area (Å²) >= 11 is 0. The Morgan fingerprint density at radius 1 is 0.879 bits per heavy atom. The Kier molecular flexibility index (Phi) is 16.7. The van der Waals surface area contributed by atoms with Gasteiger partial charge in [0, 0.05) is 12.6 Å². The van der Waals surface area contributed by atoms with Gasteiger partial charge in [0.1, 0.15) is 18.1 Å². The molecule has 0 bridgehead atoms. The first-order valence-electron chi connectivity index (χ1n) is 19.7. The number of ketones is 1. The number of nitrogens with zero attached hydrogens (tertiary/aromatic N) is 1. The first-order chi connectivity index (χ1) is 27.6. The number of alkyl carbamates (subject to hydrolysis) is 1. The standard InChI is InChI=1S/C40H55N7O10S/c1-4-14-30(35(49)38(52)42-22-32(48)44-33(36(41)50)26-15-8-5-9-16-26)43-37(51)31-21-28(46-58(55,56)29-19-12-7-13-20-29)23-47(31)39(53)34(27-17-10-6-11-18-27)45-40(54)57-24-25(2)3/h5,7-9,12-13,15-16,19-20,25,27-28,30-31,33-34,46H,4,6,10-11,14,17-18,21-24H2,1-3H3,(H2,41,50)(H,42,52)(H,43,51)(H,44,48)(H,45,54)/t28-,30+,31?,33+,34+/m1/s1. The van der Waals surface area contributed by atoms with Gasteiger partial charge in [0.05, 0.1) is 24.1 Å². The monoisotopic (exact) mass is 825 g/mol. The number of Topliss-reactive ketones (excluding diaryl/α,β-unsaturated/α-hetero) is 1. The van der Waals surface area contributed by atoms with E-state index in [2.05, 4.69) is 26.0 Å². The van der Waals surface area contributed by atoms with Crippen molar-refractivity contribution in [1.82, 2.24) is 30.9 Å². The molecule has 1 saturated heterocycles. The number of carbonyl (C=O) groups excluding carboxylic acids is 7. The number of carbonyl (C=O) groups is 7. The second-order valence-corrected chi connectivity index (χ2v) is 16.8. The topological polar surface area (TPSA) is 252 Å². The molecule has 17 nitrogen and oxygen atoms in total. The molecule has 2 aromatic rings. The van der Waals surface area contributed by atoms with Crippen molar-refractivity contribution in [3.8, 4) is 0 Å². The summed E-state index contributed by atoms with van der Waals surface area (Å²) in [4.78, 5) is 94.1. The van der Waals surface area contributed by atoms with E-state index in [1.807, 2.05) is 13.8 Å². The quantitative estimate of drug-likeness (QED) is 0.112. The first kappa shape index (κ1) is 45.3. The largest absolute Gasteiger partial charge is 0.449 e. The van der Waals surface area contributed by atoms with Gasteiger partial charge < -0.3 is 36.6 Å². The maximum Gasteiger partial charge on any atom is 0.407 e. The number of ether oxygens (including phenoxy) is 1. The van der Waals surface area contributed by atoms with Crippen LogP contribution in [0.1, 0.15) is 83.7 Å². The van der Waals surface area contributed by atoms with E-state index in [9.17, 15) is 42.0 Å². The lowest BCUT2D eigenvalue weighted by Crippen LogP contribution is -2.58. The minimum atomic E-state index is -4.09. The molecule has 58 heavy (non-hydrogen) atoms. The van der Waals surface area contributed by atoms with Crippen LogP contribution in [0.2, 0.25) is 0 Å². The summed E-state index contributed by atoms with van der Waals surface area (Å²) in [7, 11) is -4.09. The van der Waals surface area contributed by atoms with Crippen LogP contribution in [0.15, 0.2) is 65.6 Å². The van der Waals surface area contributed by atoms with Crippen molar-refractivity contribution in [2.45, 2.75) is 107 Å². The first-order valence-corrected chi connectivity index (χ1v) is 21.2. The Balaban J connectivity index is 1.53. The number of sulfonamides is 1. The van der Waals surface area contributed by atoms with Crippen LogP contribution in [0.4, 0.5) is 4.79 Å². The second-order valence-electron chi connectivity index (χ2n) is 15.1. The Hall–Kier alpha value is -5.36. The van der Waals surface area contributed by atoms with Crippen LogP contribution in [0.25, 0.3) is 0 Å². The molecule has 6 amide bonds. The number of nitrogens with two attached hydrogens (primary N) is 1. The zero-order valence-corrected chi connectivity index (χ0v) is 33.9. The predicted octanol–water partition coefficient (Wildman–Crippen LogP) is 1.58. The molecule has 2 fully saturated rings. The van der Waals surface area contributed by atoms with Crippen LogP contribution in [0, 0.1) is 11.8 Å². The third-order valence-electron chi connectivity index (χ3n) is 10.0. The van der Waals surface area contributed by atoms with Crippen molar-refractivity contribution in [2.24, 2.45) is 17.6 Å². The van der Waals surface area contributed by atoms with Crippen LogP contribution in [-0.2, 0) is 43.5 Å². The highest BCUT2D eigenvalue weighted by Crippen LogP contribution is 2.30. The summed E-state index contributed by atoms with van der Waals surface area (Å²) < 4.78 is 34.7. The summed E-state index contributed by atoms with van der Waals surface area (Å²) in [5, 5.41) is 9.97. The van der Waals surface area contributed by atoms with Gasteiger partial charge in [-0.2, -0.15) is 0 Å². The number of nitrogens with one attached hydrogen (secondary N) is 5. The fraction of sp³-hybridized carbons (Fsp3) is 0.525. The maximum absolute atomic E-state index is 14.5. The normalized spacial score (nSPS) is 18.7. The second kappa shape index (κ2) is 21.4. The number of likely N-dealkylation sites (tertiary alicyclic amines) is 1. The van der Waals surface area contributed by atoms with Crippen molar-refractivity contribution in [3.63, 3.8) is 0 Å². The molecule has 0 spiro atoms. The van der Waals surface area contributed by atoms with Gasteiger partial charge in [0.25, 0.3) is 5.91 Å². The minimum Gasteiger partial charge on any atom is -0.449 e. The van der Waals surface area contributed by atoms with Crippen molar-refractivity contribution in [1.29, 1.82) is 0 Å².